The van der Waals surface area contributed by atoms with Crippen molar-refractivity contribution in [3.05, 3.63) is 70.8 Å². The number of halogens is 5. The Balaban J connectivity index is 1.81. The molecule has 1 aromatic heterocycles. The molecule has 0 saturated heterocycles. The summed E-state index contributed by atoms with van der Waals surface area (Å²) >= 11 is 6.09. The minimum Gasteiger partial charge on any atom is -0.489 e. The number of nitrogens with two attached hydrogens (primary N) is 1. The molecule has 3 rings (SSSR count). The minimum absolute atomic E-state index is 0.136. The maximum absolute atomic E-state index is 13.6. The third-order valence-electron chi connectivity index (χ3n) is 3.71. The average Bonchev–Trinajstić information content (AvgIpc) is 3.11. The van der Waals surface area contributed by atoms with Crippen molar-refractivity contribution in [2.45, 2.75) is 12.5 Å². The normalized spacial score (nSPS) is 12.4. The standard InChI is InChI=1S/C17H13ClF4N4O/c18-11-3-1-9(5-14(11)26-17(16(21)22)24-8-25-26)13(23)7-27-15-4-2-10(19)6-12(15)20/h1-6,8,13,16H,7,23H2. The summed E-state index contributed by atoms with van der Waals surface area (Å²) in [5.74, 6) is -2.30. The topological polar surface area (TPSA) is 66.0 Å². The van der Waals surface area contributed by atoms with Crippen molar-refractivity contribution in [1.29, 1.82) is 0 Å². The van der Waals surface area contributed by atoms with Crippen molar-refractivity contribution >= 4 is 11.6 Å². The Morgan fingerprint density at radius 2 is 1.93 bits per heavy atom. The molecule has 2 N–H and O–H groups in total. The van der Waals surface area contributed by atoms with Crippen molar-refractivity contribution in [1.82, 2.24) is 14.8 Å². The third-order valence-corrected chi connectivity index (χ3v) is 4.03. The number of hydrogen-bond acceptors (Lipinski definition) is 4. The number of rotatable bonds is 6. The van der Waals surface area contributed by atoms with E-state index in [0.29, 0.717) is 11.6 Å². The van der Waals surface area contributed by atoms with Crippen molar-refractivity contribution in [3.8, 4) is 11.4 Å². The van der Waals surface area contributed by atoms with Crippen LogP contribution in [0.1, 0.15) is 23.9 Å². The van der Waals surface area contributed by atoms with Gasteiger partial charge in [-0.2, -0.15) is 5.10 Å². The second kappa shape index (κ2) is 7.93. The summed E-state index contributed by atoms with van der Waals surface area (Å²) in [5.41, 5.74) is 6.70. The molecule has 2 aromatic carbocycles. The fourth-order valence-corrected chi connectivity index (χ4v) is 2.57. The Kier molecular flexibility index (Phi) is 5.62. The second-order valence-corrected chi connectivity index (χ2v) is 5.94. The van der Waals surface area contributed by atoms with Gasteiger partial charge in [0.1, 0.15) is 18.8 Å². The zero-order chi connectivity index (χ0) is 19.6. The Morgan fingerprint density at radius 1 is 1.15 bits per heavy atom. The first kappa shape index (κ1) is 19.1. The molecule has 5 nitrogen and oxygen atoms in total. The highest BCUT2D eigenvalue weighted by Crippen LogP contribution is 2.28. The number of ether oxygens (including phenoxy) is 1. The van der Waals surface area contributed by atoms with Crippen LogP contribution in [0.2, 0.25) is 5.02 Å². The molecule has 142 valence electrons. The summed E-state index contributed by atoms with van der Waals surface area (Å²) < 4.78 is 58.8. The van der Waals surface area contributed by atoms with E-state index in [4.69, 9.17) is 22.1 Å². The molecule has 27 heavy (non-hydrogen) atoms. The van der Waals surface area contributed by atoms with Crippen molar-refractivity contribution < 1.29 is 22.3 Å². The van der Waals surface area contributed by atoms with Gasteiger partial charge in [0.2, 0.25) is 0 Å². The molecule has 1 unspecified atom stereocenters. The highest BCUT2D eigenvalue weighted by molar-refractivity contribution is 6.32. The van der Waals surface area contributed by atoms with Crippen molar-refractivity contribution in [2.24, 2.45) is 5.73 Å². The minimum atomic E-state index is -2.84. The lowest BCUT2D eigenvalue weighted by molar-refractivity contribution is 0.137. The van der Waals surface area contributed by atoms with Crippen LogP contribution in [0.25, 0.3) is 5.69 Å². The van der Waals surface area contributed by atoms with Crippen LogP contribution in [0.15, 0.2) is 42.7 Å². The van der Waals surface area contributed by atoms with Crippen LogP contribution < -0.4 is 10.5 Å². The van der Waals surface area contributed by atoms with Gasteiger partial charge in [0.25, 0.3) is 6.43 Å². The van der Waals surface area contributed by atoms with E-state index in [2.05, 4.69) is 10.1 Å². The van der Waals surface area contributed by atoms with Crippen LogP contribution in [0, 0.1) is 11.6 Å². The van der Waals surface area contributed by atoms with Gasteiger partial charge in [-0.1, -0.05) is 17.7 Å². The van der Waals surface area contributed by atoms with Gasteiger partial charge < -0.3 is 10.5 Å². The molecule has 3 aromatic rings. The van der Waals surface area contributed by atoms with Gasteiger partial charge in [-0.3, -0.25) is 0 Å². The smallest absolute Gasteiger partial charge is 0.297 e. The molecule has 0 radical (unpaired) electrons. The lowest BCUT2D eigenvalue weighted by atomic mass is 10.1. The van der Waals surface area contributed by atoms with Gasteiger partial charge in [0.15, 0.2) is 17.4 Å². The molecule has 1 heterocycles. The Morgan fingerprint density at radius 3 is 2.63 bits per heavy atom. The maximum atomic E-state index is 13.6. The van der Waals surface area contributed by atoms with Crippen LogP contribution in [0.5, 0.6) is 5.75 Å². The van der Waals surface area contributed by atoms with E-state index in [9.17, 15) is 17.6 Å². The predicted octanol–water partition coefficient (Wildman–Crippen LogP) is 4.22. The third kappa shape index (κ3) is 4.20. The van der Waals surface area contributed by atoms with Gasteiger partial charge >= 0.3 is 0 Å². The largest absolute Gasteiger partial charge is 0.489 e. The predicted molar refractivity (Wildman–Crippen MR) is 90.1 cm³/mol. The Labute approximate surface area is 156 Å². The Hall–Kier alpha value is -2.65. The zero-order valence-electron chi connectivity index (χ0n) is 13.6. The molecule has 0 spiro atoms. The summed E-state index contributed by atoms with van der Waals surface area (Å²) in [6.45, 7) is -0.136. The van der Waals surface area contributed by atoms with E-state index in [1.165, 1.54) is 12.1 Å². The SMILES string of the molecule is NC(COc1ccc(F)cc1F)c1ccc(Cl)c(-n2ncnc2C(F)F)c1. The molecule has 0 aliphatic heterocycles. The fourth-order valence-electron chi connectivity index (χ4n) is 2.38. The molecule has 0 aliphatic carbocycles. The number of aromatic nitrogens is 3. The highest BCUT2D eigenvalue weighted by atomic mass is 35.5. The molecule has 0 fully saturated rings. The van der Waals surface area contributed by atoms with Crippen LogP contribution in [-0.2, 0) is 0 Å². The Bertz CT molecular complexity index is 950. The number of hydrogen-bond donors (Lipinski definition) is 1. The molecule has 0 bridgehead atoms. The lowest BCUT2D eigenvalue weighted by Gasteiger charge is -2.16. The monoisotopic (exact) mass is 400 g/mol. The first-order chi connectivity index (χ1) is 12.9. The maximum Gasteiger partial charge on any atom is 0.297 e. The fraction of sp³-hybridized carbons (Fsp3) is 0.176. The number of nitrogens with zero attached hydrogens (tertiary/aromatic N) is 3. The molecule has 1 atom stereocenters. The van der Waals surface area contributed by atoms with Crippen LogP contribution in [0.3, 0.4) is 0 Å². The quantitative estimate of drug-likeness (QED) is 0.629. The van der Waals surface area contributed by atoms with E-state index in [1.54, 1.807) is 6.07 Å². The highest BCUT2D eigenvalue weighted by Gasteiger charge is 2.20. The van der Waals surface area contributed by atoms with Crippen LogP contribution in [-0.4, -0.2) is 21.4 Å². The van der Waals surface area contributed by atoms with E-state index in [0.717, 1.165) is 23.1 Å². The van der Waals surface area contributed by atoms with Crippen LogP contribution in [0.4, 0.5) is 17.6 Å². The summed E-state index contributed by atoms with van der Waals surface area (Å²) in [4.78, 5) is 3.52. The van der Waals surface area contributed by atoms with Crippen molar-refractivity contribution in [3.63, 3.8) is 0 Å². The van der Waals surface area contributed by atoms with E-state index in [1.807, 2.05) is 0 Å². The first-order valence-electron chi connectivity index (χ1n) is 7.68. The summed E-state index contributed by atoms with van der Waals surface area (Å²) in [5, 5.41) is 3.94. The summed E-state index contributed by atoms with van der Waals surface area (Å²) in [7, 11) is 0. The lowest BCUT2D eigenvalue weighted by Crippen LogP contribution is -2.20. The van der Waals surface area contributed by atoms with Gasteiger partial charge in [0.05, 0.1) is 16.8 Å². The second-order valence-electron chi connectivity index (χ2n) is 5.53. The average molecular weight is 401 g/mol. The van der Waals surface area contributed by atoms with E-state index < -0.39 is 29.9 Å². The summed E-state index contributed by atoms with van der Waals surface area (Å²) in [6, 6.07) is 6.69. The molecule has 10 heteroatoms. The van der Waals surface area contributed by atoms with Gasteiger partial charge in [-0.25, -0.2) is 27.2 Å². The molecular formula is C17H13ClF4N4O. The van der Waals surface area contributed by atoms with E-state index >= 15 is 0 Å². The van der Waals surface area contributed by atoms with Crippen LogP contribution >= 0.6 is 11.6 Å². The van der Waals surface area contributed by atoms with Crippen molar-refractivity contribution in [2.75, 3.05) is 6.61 Å². The number of alkyl halides is 2. The first-order valence-corrected chi connectivity index (χ1v) is 8.06. The zero-order valence-corrected chi connectivity index (χ0v) is 14.4. The van der Waals surface area contributed by atoms with E-state index in [-0.39, 0.29) is 23.1 Å². The van der Waals surface area contributed by atoms with Gasteiger partial charge in [0, 0.05) is 6.07 Å². The van der Waals surface area contributed by atoms with Gasteiger partial charge in [-0.15, -0.1) is 0 Å². The molecule has 0 aliphatic rings. The molecule has 0 saturated carbocycles. The van der Waals surface area contributed by atoms with Gasteiger partial charge in [-0.05, 0) is 29.8 Å². The molecular weight excluding hydrogens is 388 g/mol. The summed E-state index contributed by atoms with van der Waals surface area (Å²) in [6.07, 6.45) is -1.85. The number of benzene rings is 2. The molecule has 0 amide bonds.